The van der Waals surface area contributed by atoms with E-state index in [0.29, 0.717) is 18.1 Å². The molecule has 2 heterocycles. The van der Waals surface area contributed by atoms with Crippen LogP contribution in [0, 0.1) is 0 Å². The Balaban J connectivity index is 1.91. The van der Waals surface area contributed by atoms with Crippen LogP contribution in [0.15, 0.2) is 4.52 Å². The first-order valence-electron chi connectivity index (χ1n) is 7.05. The zero-order chi connectivity index (χ0) is 13.2. The van der Waals surface area contributed by atoms with Gasteiger partial charge in [-0.3, -0.25) is 0 Å². The van der Waals surface area contributed by atoms with Gasteiger partial charge >= 0.3 is 5.97 Å². The molecule has 1 saturated carbocycles. The van der Waals surface area contributed by atoms with Gasteiger partial charge in [0, 0.05) is 25.0 Å². The highest BCUT2D eigenvalue weighted by Gasteiger charge is 2.37. The van der Waals surface area contributed by atoms with E-state index in [4.69, 9.17) is 14.0 Å². The fourth-order valence-corrected chi connectivity index (χ4v) is 2.60. The van der Waals surface area contributed by atoms with Crippen LogP contribution in [0.25, 0.3) is 0 Å². The first-order valence-corrected chi connectivity index (χ1v) is 7.05. The first kappa shape index (κ1) is 12.7. The normalized spacial score (nSPS) is 20.5. The van der Waals surface area contributed by atoms with Crippen LogP contribution in [0.2, 0.25) is 0 Å². The van der Waals surface area contributed by atoms with Crippen molar-refractivity contribution < 1.29 is 18.8 Å². The summed E-state index contributed by atoms with van der Waals surface area (Å²) < 4.78 is 16.0. The lowest BCUT2D eigenvalue weighted by Crippen LogP contribution is -2.18. The van der Waals surface area contributed by atoms with Crippen molar-refractivity contribution in [3.63, 3.8) is 0 Å². The van der Waals surface area contributed by atoms with E-state index in [1.54, 1.807) is 0 Å². The Bertz CT molecular complexity index is 458. The molecule has 104 valence electrons. The lowest BCUT2D eigenvalue weighted by Gasteiger charge is -2.20. The Morgan fingerprint density at radius 3 is 2.63 bits per heavy atom. The number of aromatic nitrogens is 1. The molecule has 0 unspecified atom stereocenters. The molecule has 2 fully saturated rings. The summed E-state index contributed by atoms with van der Waals surface area (Å²) >= 11 is 0. The average molecular weight is 265 g/mol. The summed E-state index contributed by atoms with van der Waals surface area (Å²) in [5, 5.41) is 4.17. The number of rotatable bonds is 4. The highest BCUT2D eigenvalue weighted by molar-refractivity contribution is 5.92. The summed E-state index contributed by atoms with van der Waals surface area (Å²) in [5.41, 5.74) is 1.37. The zero-order valence-electron chi connectivity index (χ0n) is 11.2. The SMILES string of the molecule is CCOC(=O)c1c(C2CCOCC2)noc1C1CC1. The fourth-order valence-electron chi connectivity index (χ4n) is 2.60. The number of ether oxygens (including phenoxy) is 2. The van der Waals surface area contributed by atoms with Gasteiger partial charge in [0.2, 0.25) is 0 Å². The minimum atomic E-state index is -0.285. The third-order valence-electron chi connectivity index (χ3n) is 3.78. The number of carbonyl (C=O) groups is 1. The van der Waals surface area contributed by atoms with Crippen molar-refractivity contribution in [2.45, 2.75) is 44.4 Å². The molecule has 0 atom stereocenters. The van der Waals surface area contributed by atoms with Gasteiger partial charge in [-0.1, -0.05) is 5.16 Å². The van der Waals surface area contributed by atoms with Gasteiger partial charge in [-0.15, -0.1) is 0 Å². The topological polar surface area (TPSA) is 61.6 Å². The van der Waals surface area contributed by atoms with Crippen LogP contribution in [0.3, 0.4) is 0 Å². The highest BCUT2D eigenvalue weighted by atomic mass is 16.5. The van der Waals surface area contributed by atoms with Crippen molar-refractivity contribution >= 4 is 5.97 Å². The minimum absolute atomic E-state index is 0.254. The van der Waals surface area contributed by atoms with Crippen LogP contribution in [0.5, 0.6) is 0 Å². The Morgan fingerprint density at radius 2 is 2.00 bits per heavy atom. The summed E-state index contributed by atoms with van der Waals surface area (Å²) in [5.74, 6) is 1.07. The zero-order valence-corrected chi connectivity index (χ0v) is 11.2. The number of carbonyl (C=O) groups excluding carboxylic acids is 1. The molecule has 1 saturated heterocycles. The number of hydrogen-bond donors (Lipinski definition) is 0. The second kappa shape index (κ2) is 5.33. The molecule has 5 heteroatoms. The molecule has 0 radical (unpaired) electrons. The molecule has 5 nitrogen and oxygen atoms in total. The predicted molar refractivity (Wildman–Crippen MR) is 67.2 cm³/mol. The van der Waals surface area contributed by atoms with Gasteiger partial charge in [0.25, 0.3) is 0 Å². The second-order valence-electron chi connectivity index (χ2n) is 5.19. The van der Waals surface area contributed by atoms with Crippen molar-refractivity contribution in [3.8, 4) is 0 Å². The van der Waals surface area contributed by atoms with Gasteiger partial charge in [0.1, 0.15) is 11.3 Å². The standard InChI is InChI=1S/C14H19NO4/c1-2-18-14(16)11-12(9-5-7-17-8-6-9)15-19-13(11)10-3-4-10/h9-10H,2-8H2,1H3. The van der Waals surface area contributed by atoms with Crippen molar-refractivity contribution in [2.24, 2.45) is 0 Å². The van der Waals surface area contributed by atoms with Crippen LogP contribution in [0.1, 0.15) is 66.3 Å². The molecule has 1 aromatic heterocycles. The van der Waals surface area contributed by atoms with E-state index in [1.165, 1.54) is 0 Å². The summed E-state index contributed by atoms with van der Waals surface area (Å²) in [6.07, 6.45) is 3.94. The van der Waals surface area contributed by atoms with Crippen LogP contribution in [-0.4, -0.2) is 30.9 Å². The molecule has 2 aliphatic rings. The third kappa shape index (κ3) is 2.52. The maximum Gasteiger partial charge on any atom is 0.343 e. The molecule has 0 amide bonds. The van der Waals surface area contributed by atoms with E-state index in [0.717, 1.165) is 50.4 Å². The Hall–Kier alpha value is -1.36. The maximum atomic E-state index is 12.2. The van der Waals surface area contributed by atoms with E-state index in [-0.39, 0.29) is 11.9 Å². The minimum Gasteiger partial charge on any atom is -0.462 e. The lowest BCUT2D eigenvalue weighted by atomic mass is 9.92. The first-order chi connectivity index (χ1) is 9.31. The highest BCUT2D eigenvalue weighted by Crippen LogP contribution is 2.44. The van der Waals surface area contributed by atoms with Gasteiger partial charge in [0.05, 0.1) is 6.61 Å². The summed E-state index contributed by atoms with van der Waals surface area (Å²) in [7, 11) is 0. The summed E-state index contributed by atoms with van der Waals surface area (Å²) in [4.78, 5) is 12.2. The molecule has 0 spiro atoms. The second-order valence-corrected chi connectivity index (χ2v) is 5.19. The summed E-state index contributed by atoms with van der Waals surface area (Å²) in [6.45, 7) is 3.63. The quantitative estimate of drug-likeness (QED) is 0.783. The van der Waals surface area contributed by atoms with Gasteiger partial charge in [-0.2, -0.15) is 0 Å². The molecular formula is C14H19NO4. The molecule has 1 aromatic rings. The molecule has 0 aromatic carbocycles. The number of hydrogen-bond acceptors (Lipinski definition) is 5. The van der Waals surface area contributed by atoms with Crippen molar-refractivity contribution in [1.82, 2.24) is 5.16 Å². The van der Waals surface area contributed by atoms with E-state index in [1.807, 2.05) is 6.92 Å². The number of nitrogens with zero attached hydrogens (tertiary/aromatic N) is 1. The van der Waals surface area contributed by atoms with E-state index < -0.39 is 0 Å². The molecule has 3 rings (SSSR count). The smallest absolute Gasteiger partial charge is 0.343 e. The van der Waals surface area contributed by atoms with E-state index in [9.17, 15) is 4.79 Å². The van der Waals surface area contributed by atoms with E-state index in [2.05, 4.69) is 5.16 Å². The third-order valence-corrected chi connectivity index (χ3v) is 3.78. The Labute approximate surface area is 112 Å². The lowest BCUT2D eigenvalue weighted by molar-refractivity contribution is 0.0517. The Morgan fingerprint density at radius 1 is 1.26 bits per heavy atom. The molecule has 1 aliphatic heterocycles. The van der Waals surface area contributed by atoms with Gasteiger partial charge in [-0.25, -0.2) is 4.79 Å². The molecular weight excluding hydrogens is 246 g/mol. The monoisotopic (exact) mass is 265 g/mol. The maximum absolute atomic E-state index is 12.2. The van der Waals surface area contributed by atoms with E-state index >= 15 is 0 Å². The molecule has 0 N–H and O–H groups in total. The van der Waals surface area contributed by atoms with Crippen molar-refractivity contribution in [1.29, 1.82) is 0 Å². The van der Waals surface area contributed by atoms with Crippen LogP contribution in [-0.2, 0) is 9.47 Å². The van der Waals surface area contributed by atoms with Gasteiger partial charge in [-0.05, 0) is 32.6 Å². The largest absolute Gasteiger partial charge is 0.462 e. The van der Waals surface area contributed by atoms with Crippen molar-refractivity contribution in [2.75, 3.05) is 19.8 Å². The molecule has 19 heavy (non-hydrogen) atoms. The van der Waals surface area contributed by atoms with Crippen LogP contribution >= 0.6 is 0 Å². The number of esters is 1. The average Bonchev–Trinajstić information content (AvgIpc) is 3.18. The predicted octanol–water partition coefficient (Wildman–Crippen LogP) is 2.62. The van der Waals surface area contributed by atoms with Crippen molar-refractivity contribution in [3.05, 3.63) is 17.0 Å². The van der Waals surface area contributed by atoms with Crippen LogP contribution in [0.4, 0.5) is 0 Å². The molecule has 1 aliphatic carbocycles. The summed E-state index contributed by atoms with van der Waals surface area (Å²) in [6, 6.07) is 0. The van der Waals surface area contributed by atoms with Crippen LogP contribution < -0.4 is 0 Å². The van der Waals surface area contributed by atoms with Gasteiger partial charge < -0.3 is 14.0 Å². The molecule has 0 bridgehead atoms. The fraction of sp³-hybridized carbons (Fsp3) is 0.714. The Kier molecular flexibility index (Phi) is 3.55. The van der Waals surface area contributed by atoms with Gasteiger partial charge in [0.15, 0.2) is 5.76 Å².